The van der Waals surface area contributed by atoms with Crippen molar-refractivity contribution in [1.29, 1.82) is 0 Å². The topological polar surface area (TPSA) is 79.8 Å². The molecular weight excluding hydrogens is 286 g/mol. The minimum absolute atomic E-state index is 0.285. The Labute approximate surface area is 125 Å². The molecule has 0 atom stereocenters. The van der Waals surface area contributed by atoms with Crippen LogP contribution in [-0.4, -0.2) is 27.5 Å². The average molecular weight is 299 g/mol. The highest BCUT2D eigenvalue weighted by Crippen LogP contribution is 2.23. The molecule has 0 aliphatic rings. The summed E-state index contributed by atoms with van der Waals surface area (Å²) >= 11 is 1.60. The molecule has 0 bridgehead atoms. The van der Waals surface area contributed by atoms with E-state index < -0.39 is 0 Å². The van der Waals surface area contributed by atoms with Gasteiger partial charge >= 0.3 is 6.03 Å². The maximum absolute atomic E-state index is 11.5. The van der Waals surface area contributed by atoms with Gasteiger partial charge in [-0.1, -0.05) is 6.07 Å². The van der Waals surface area contributed by atoms with E-state index in [2.05, 4.69) is 25.6 Å². The highest BCUT2D eigenvalue weighted by molar-refractivity contribution is 7.13. The molecule has 0 saturated carbocycles. The van der Waals surface area contributed by atoms with Gasteiger partial charge in [0.25, 0.3) is 0 Å². The van der Waals surface area contributed by atoms with Gasteiger partial charge in [-0.05, 0) is 30.5 Å². The fraction of sp³-hybridized carbons (Fsp3) is 0.143. The molecule has 7 heteroatoms. The van der Waals surface area contributed by atoms with Crippen LogP contribution in [0.5, 0.6) is 0 Å². The molecule has 3 aromatic rings. The van der Waals surface area contributed by atoms with Gasteiger partial charge < -0.3 is 5.32 Å². The van der Waals surface area contributed by atoms with Gasteiger partial charge in [0.2, 0.25) is 0 Å². The molecule has 3 aromatic heterocycles. The zero-order chi connectivity index (χ0) is 14.7. The molecule has 21 heavy (non-hydrogen) atoms. The first-order valence-electron chi connectivity index (χ1n) is 6.49. The molecule has 106 valence electrons. The van der Waals surface area contributed by atoms with E-state index in [4.69, 9.17) is 0 Å². The summed E-state index contributed by atoms with van der Waals surface area (Å²) in [5, 5.41) is 7.30. The second-order valence-electron chi connectivity index (χ2n) is 4.26. The van der Waals surface area contributed by atoms with Crippen LogP contribution >= 0.6 is 11.3 Å². The smallest absolute Gasteiger partial charge is 0.320 e. The van der Waals surface area contributed by atoms with Gasteiger partial charge in [0.05, 0.1) is 11.1 Å². The highest BCUT2D eigenvalue weighted by atomic mass is 32.1. The lowest BCUT2D eigenvalue weighted by Crippen LogP contribution is -2.28. The van der Waals surface area contributed by atoms with Crippen molar-refractivity contribution in [3.63, 3.8) is 0 Å². The van der Waals surface area contributed by atoms with Gasteiger partial charge in [-0.3, -0.25) is 10.3 Å². The van der Waals surface area contributed by atoms with Gasteiger partial charge in [0, 0.05) is 6.54 Å². The van der Waals surface area contributed by atoms with Crippen molar-refractivity contribution in [3.8, 4) is 10.6 Å². The molecule has 0 aliphatic heterocycles. The number of thiophene rings is 1. The number of nitrogens with zero attached hydrogens (tertiary/aromatic N) is 3. The third kappa shape index (κ3) is 2.97. The van der Waals surface area contributed by atoms with Crippen LogP contribution in [0, 0.1) is 0 Å². The number of amides is 2. The lowest BCUT2D eigenvalue weighted by Gasteiger charge is -2.06. The zero-order valence-electron chi connectivity index (χ0n) is 11.3. The molecule has 0 unspecified atom stereocenters. The Morgan fingerprint density at radius 1 is 1.29 bits per heavy atom. The minimum Gasteiger partial charge on any atom is -0.338 e. The number of hydrogen-bond acceptors (Lipinski definition) is 5. The minimum atomic E-state index is -0.285. The predicted octanol–water partition coefficient (Wildman–Crippen LogP) is 2.89. The Morgan fingerprint density at radius 2 is 2.19 bits per heavy atom. The molecule has 3 heterocycles. The Hall–Kier alpha value is -2.54. The van der Waals surface area contributed by atoms with Gasteiger partial charge in [0.1, 0.15) is 17.0 Å². The number of carbonyl (C=O) groups excluding carboxylic acids is 1. The quantitative estimate of drug-likeness (QED) is 0.779. The van der Waals surface area contributed by atoms with Crippen molar-refractivity contribution in [2.75, 3.05) is 11.9 Å². The van der Waals surface area contributed by atoms with Gasteiger partial charge in [-0.25, -0.2) is 14.8 Å². The first kappa shape index (κ1) is 13.4. The first-order valence-corrected chi connectivity index (χ1v) is 7.37. The monoisotopic (exact) mass is 299 g/mol. The van der Waals surface area contributed by atoms with Crippen LogP contribution in [0.4, 0.5) is 10.6 Å². The largest absolute Gasteiger partial charge is 0.338 e. The first-order chi connectivity index (χ1) is 10.3. The van der Waals surface area contributed by atoms with Crippen LogP contribution in [0.15, 0.2) is 35.8 Å². The van der Waals surface area contributed by atoms with Crippen LogP contribution in [0.25, 0.3) is 21.7 Å². The Bertz CT molecular complexity index is 772. The van der Waals surface area contributed by atoms with E-state index in [1.165, 1.54) is 0 Å². The van der Waals surface area contributed by atoms with Crippen molar-refractivity contribution < 1.29 is 4.79 Å². The summed E-state index contributed by atoms with van der Waals surface area (Å²) in [4.78, 5) is 25.7. The number of anilines is 1. The number of hydrogen-bond donors (Lipinski definition) is 2. The molecular formula is C14H13N5OS. The van der Waals surface area contributed by atoms with Crippen LogP contribution in [0.3, 0.4) is 0 Å². The number of urea groups is 1. The summed E-state index contributed by atoms with van der Waals surface area (Å²) in [6.07, 6.45) is 1.73. The number of fused-ring (bicyclic) bond motifs is 1. The molecule has 0 saturated heterocycles. The number of rotatable bonds is 3. The lowest BCUT2D eigenvalue weighted by atomic mass is 10.3. The average Bonchev–Trinajstić information content (AvgIpc) is 3.01. The summed E-state index contributed by atoms with van der Waals surface area (Å²) in [5.41, 5.74) is 1.98. The summed E-state index contributed by atoms with van der Waals surface area (Å²) in [7, 11) is 0. The van der Waals surface area contributed by atoms with Crippen LogP contribution < -0.4 is 10.6 Å². The number of aromatic nitrogens is 3. The molecule has 0 spiro atoms. The van der Waals surface area contributed by atoms with E-state index in [0.29, 0.717) is 23.5 Å². The van der Waals surface area contributed by atoms with Crippen molar-refractivity contribution >= 4 is 34.3 Å². The molecule has 0 fully saturated rings. The van der Waals surface area contributed by atoms with Crippen LogP contribution in [-0.2, 0) is 0 Å². The molecule has 2 amide bonds. The maximum Gasteiger partial charge on any atom is 0.320 e. The standard InChI is InChI=1S/C14H13N5OS/c1-2-15-14(20)19-12-6-5-9-13(18-12)17-10(8-16-9)11-4-3-7-21-11/h3-8H,2H2,1H3,(H2,15,17,18,19,20). The summed E-state index contributed by atoms with van der Waals surface area (Å²) in [6.45, 7) is 2.41. The van der Waals surface area contributed by atoms with Gasteiger partial charge in [-0.2, -0.15) is 0 Å². The van der Waals surface area contributed by atoms with Gasteiger partial charge in [-0.15, -0.1) is 11.3 Å². The Morgan fingerprint density at radius 3 is 2.95 bits per heavy atom. The Balaban J connectivity index is 1.94. The fourth-order valence-corrected chi connectivity index (χ4v) is 2.51. The number of carbonyl (C=O) groups is 1. The van der Waals surface area contributed by atoms with Crippen molar-refractivity contribution in [2.24, 2.45) is 0 Å². The molecule has 0 aromatic carbocycles. The van der Waals surface area contributed by atoms with Crippen molar-refractivity contribution in [3.05, 3.63) is 35.8 Å². The third-order valence-corrected chi connectivity index (χ3v) is 3.65. The molecule has 3 rings (SSSR count). The Kier molecular flexibility index (Phi) is 3.74. The van der Waals surface area contributed by atoms with E-state index >= 15 is 0 Å². The van der Waals surface area contributed by atoms with Crippen LogP contribution in [0.1, 0.15) is 6.92 Å². The number of pyridine rings is 1. The molecule has 6 nitrogen and oxygen atoms in total. The lowest BCUT2D eigenvalue weighted by molar-refractivity contribution is 0.252. The summed E-state index contributed by atoms with van der Waals surface area (Å²) < 4.78 is 0. The second-order valence-corrected chi connectivity index (χ2v) is 5.20. The van der Waals surface area contributed by atoms with Gasteiger partial charge in [0.15, 0.2) is 5.65 Å². The molecule has 2 N–H and O–H groups in total. The van der Waals surface area contributed by atoms with E-state index in [1.807, 2.05) is 24.4 Å². The van der Waals surface area contributed by atoms with E-state index in [9.17, 15) is 4.79 Å². The third-order valence-electron chi connectivity index (χ3n) is 2.76. The highest BCUT2D eigenvalue weighted by Gasteiger charge is 2.07. The summed E-state index contributed by atoms with van der Waals surface area (Å²) in [5.74, 6) is 0.450. The predicted molar refractivity (Wildman–Crippen MR) is 83.3 cm³/mol. The van der Waals surface area contributed by atoms with Crippen molar-refractivity contribution in [1.82, 2.24) is 20.3 Å². The molecule has 0 aliphatic carbocycles. The van der Waals surface area contributed by atoms with E-state index in [0.717, 1.165) is 10.6 Å². The second kappa shape index (κ2) is 5.84. The molecule has 0 radical (unpaired) electrons. The normalized spacial score (nSPS) is 10.5. The number of nitrogens with one attached hydrogen (secondary N) is 2. The SMILES string of the molecule is CCNC(=O)Nc1ccc2ncc(-c3cccs3)nc2n1. The zero-order valence-corrected chi connectivity index (χ0v) is 12.1. The van der Waals surface area contributed by atoms with E-state index in [1.54, 1.807) is 29.7 Å². The van der Waals surface area contributed by atoms with E-state index in [-0.39, 0.29) is 6.03 Å². The van der Waals surface area contributed by atoms with Crippen molar-refractivity contribution in [2.45, 2.75) is 6.92 Å². The maximum atomic E-state index is 11.5. The fourth-order valence-electron chi connectivity index (χ4n) is 1.83. The summed E-state index contributed by atoms with van der Waals surface area (Å²) in [6, 6.07) is 7.15. The van der Waals surface area contributed by atoms with Crippen LogP contribution in [0.2, 0.25) is 0 Å².